The Hall–Kier alpha value is -1.80. The zero-order valence-corrected chi connectivity index (χ0v) is 16.2. The Bertz CT molecular complexity index is 1040. The van der Waals surface area contributed by atoms with Crippen molar-refractivity contribution in [1.82, 2.24) is 19.5 Å². The minimum absolute atomic E-state index is 0.0759. The molecule has 1 aliphatic heterocycles. The molecule has 0 N–H and O–H groups in total. The molecule has 0 saturated carbocycles. The molecular formula is C18H15ClN4OS2. The number of fused-ring (bicyclic) bond motifs is 1. The molecule has 0 bridgehead atoms. The van der Waals surface area contributed by atoms with Crippen molar-refractivity contribution in [3.63, 3.8) is 0 Å². The van der Waals surface area contributed by atoms with Crippen LogP contribution in [-0.4, -0.2) is 26.1 Å². The van der Waals surface area contributed by atoms with Gasteiger partial charge in [0.1, 0.15) is 11.7 Å². The summed E-state index contributed by atoms with van der Waals surface area (Å²) < 4.78 is 8.17. The van der Waals surface area contributed by atoms with E-state index in [9.17, 15) is 0 Å². The second-order valence-electron chi connectivity index (χ2n) is 6.09. The highest BCUT2D eigenvalue weighted by atomic mass is 35.5. The van der Waals surface area contributed by atoms with Gasteiger partial charge in [-0.15, -0.1) is 22.7 Å². The van der Waals surface area contributed by atoms with Crippen LogP contribution in [0.3, 0.4) is 0 Å². The van der Waals surface area contributed by atoms with Gasteiger partial charge in [0.2, 0.25) is 0 Å². The van der Waals surface area contributed by atoms with E-state index in [0.717, 1.165) is 47.1 Å². The maximum Gasteiger partial charge on any atom is 0.173 e. The molecular weight excluding hydrogens is 388 g/mol. The lowest BCUT2D eigenvalue weighted by atomic mass is 10.2. The van der Waals surface area contributed by atoms with Gasteiger partial charge in [0, 0.05) is 6.61 Å². The number of hydrogen-bond donors (Lipinski definition) is 0. The van der Waals surface area contributed by atoms with E-state index in [0.29, 0.717) is 16.5 Å². The predicted octanol–water partition coefficient (Wildman–Crippen LogP) is 5.64. The maximum atomic E-state index is 6.51. The number of hydrogen-bond acceptors (Lipinski definition) is 6. The second-order valence-corrected chi connectivity index (χ2v) is 8.34. The Labute approximate surface area is 163 Å². The topological polar surface area (TPSA) is 52.8 Å². The van der Waals surface area contributed by atoms with E-state index in [1.165, 1.54) is 0 Å². The first-order valence-electron chi connectivity index (χ1n) is 8.46. The number of rotatable bonds is 3. The van der Waals surface area contributed by atoms with Crippen LogP contribution in [0.4, 0.5) is 0 Å². The molecule has 0 amide bonds. The second kappa shape index (κ2) is 6.74. The minimum Gasteiger partial charge on any atom is -0.358 e. The first-order valence-corrected chi connectivity index (χ1v) is 10.6. The van der Waals surface area contributed by atoms with Gasteiger partial charge in [0.15, 0.2) is 22.4 Å². The van der Waals surface area contributed by atoms with E-state index in [4.69, 9.17) is 26.3 Å². The summed E-state index contributed by atoms with van der Waals surface area (Å²) in [4.78, 5) is 16.2. The molecule has 0 radical (unpaired) electrons. The molecule has 1 aliphatic rings. The summed E-state index contributed by atoms with van der Waals surface area (Å²) in [7, 11) is 0. The summed E-state index contributed by atoms with van der Waals surface area (Å²) in [5, 5.41) is 4.44. The molecule has 0 aromatic carbocycles. The van der Waals surface area contributed by atoms with Crippen LogP contribution in [0.25, 0.3) is 32.6 Å². The molecule has 4 aromatic rings. The van der Waals surface area contributed by atoms with Gasteiger partial charge < -0.3 is 4.74 Å². The molecule has 26 heavy (non-hydrogen) atoms. The van der Waals surface area contributed by atoms with Crippen molar-refractivity contribution in [1.29, 1.82) is 0 Å². The molecule has 1 atom stereocenters. The largest absolute Gasteiger partial charge is 0.358 e. The van der Waals surface area contributed by atoms with Crippen LogP contribution in [-0.2, 0) is 4.74 Å². The van der Waals surface area contributed by atoms with E-state index in [-0.39, 0.29) is 6.23 Å². The van der Waals surface area contributed by atoms with Gasteiger partial charge in [-0.2, -0.15) is 0 Å². The Kier molecular flexibility index (Phi) is 4.24. The van der Waals surface area contributed by atoms with Gasteiger partial charge in [0.05, 0.1) is 9.75 Å². The molecule has 8 heteroatoms. The van der Waals surface area contributed by atoms with Crippen molar-refractivity contribution >= 4 is 45.4 Å². The van der Waals surface area contributed by atoms with Crippen molar-refractivity contribution in [2.45, 2.75) is 25.5 Å². The normalized spacial score (nSPS) is 17.8. The molecule has 5 heterocycles. The van der Waals surface area contributed by atoms with Gasteiger partial charge in [-0.3, -0.25) is 4.57 Å². The van der Waals surface area contributed by atoms with E-state index in [1.54, 1.807) is 22.7 Å². The third-order valence-corrected chi connectivity index (χ3v) is 6.42. The summed E-state index contributed by atoms with van der Waals surface area (Å²) in [6, 6.07) is 8.07. The van der Waals surface area contributed by atoms with Crippen LogP contribution in [0.1, 0.15) is 25.5 Å². The third kappa shape index (κ3) is 2.75. The Balaban J connectivity index is 1.77. The molecule has 5 nitrogen and oxygen atoms in total. The number of nitrogens with zero attached hydrogens (tertiary/aromatic N) is 4. The molecule has 132 valence electrons. The molecule has 1 saturated heterocycles. The molecule has 4 aromatic heterocycles. The lowest BCUT2D eigenvalue weighted by Gasteiger charge is -2.25. The highest BCUT2D eigenvalue weighted by molar-refractivity contribution is 7.13. The number of imidazole rings is 1. The highest BCUT2D eigenvalue weighted by Gasteiger charge is 2.26. The zero-order chi connectivity index (χ0) is 17.5. The quantitative estimate of drug-likeness (QED) is 0.416. The maximum absolute atomic E-state index is 6.51. The van der Waals surface area contributed by atoms with Crippen molar-refractivity contribution in [3.05, 3.63) is 40.2 Å². The lowest BCUT2D eigenvalue weighted by Crippen LogP contribution is -2.19. The first kappa shape index (κ1) is 16.4. The molecule has 0 spiro atoms. The number of ether oxygens (including phenoxy) is 1. The van der Waals surface area contributed by atoms with Crippen LogP contribution in [0, 0.1) is 0 Å². The summed E-state index contributed by atoms with van der Waals surface area (Å²) >= 11 is 9.75. The van der Waals surface area contributed by atoms with E-state index in [1.807, 2.05) is 29.0 Å². The summed E-state index contributed by atoms with van der Waals surface area (Å²) in [6.45, 7) is 0.755. The van der Waals surface area contributed by atoms with Crippen molar-refractivity contribution in [2.24, 2.45) is 0 Å². The highest BCUT2D eigenvalue weighted by Crippen LogP contribution is 2.36. The van der Waals surface area contributed by atoms with Crippen LogP contribution in [0.15, 0.2) is 35.0 Å². The Morgan fingerprint density at radius 1 is 1.04 bits per heavy atom. The van der Waals surface area contributed by atoms with E-state index < -0.39 is 0 Å². The van der Waals surface area contributed by atoms with E-state index >= 15 is 0 Å². The third-order valence-electron chi connectivity index (χ3n) is 4.42. The zero-order valence-electron chi connectivity index (χ0n) is 13.8. The fraction of sp³-hybridized carbons (Fsp3) is 0.278. The van der Waals surface area contributed by atoms with Crippen LogP contribution in [0.2, 0.25) is 5.15 Å². The van der Waals surface area contributed by atoms with Gasteiger partial charge in [-0.05, 0) is 42.2 Å². The Morgan fingerprint density at radius 3 is 2.54 bits per heavy atom. The van der Waals surface area contributed by atoms with Crippen molar-refractivity contribution < 1.29 is 4.74 Å². The summed E-state index contributed by atoms with van der Waals surface area (Å²) in [6.07, 6.45) is 3.09. The van der Waals surface area contributed by atoms with E-state index in [2.05, 4.69) is 15.6 Å². The SMILES string of the molecule is Clc1nc(-c2cccs2)nc2c1nc(-c1cccs1)n2C1CCCCO1. The predicted molar refractivity (Wildman–Crippen MR) is 106 cm³/mol. The smallest absolute Gasteiger partial charge is 0.173 e. The molecule has 1 unspecified atom stereocenters. The average molecular weight is 403 g/mol. The van der Waals surface area contributed by atoms with Crippen LogP contribution < -0.4 is 0 Å². The first-order chi connectivity index (χ1) is 12.8. The standard InChI is InChI=1S/C18H15ClN4OS2/c19-15-14-18(22-16(21-15)11-5-3-9-25-11)23(13-7-1-2-8-24-13)17(20-14)12-6-4-10-26-12/h3-6,9-10,13H,1-2,7-8H2. The molecule has 0 aliphatic carbocycles. The van der Waals surface area contributed by atoms with Crippen molar-refractivity contribution in [2.75, 3.05) is 6.61 Å². The molecule has 1 fully saturated rings. The van der Waals surface area contributed by atoms with Gasteiger partial charge in [0.25, 0.3) is 0 Å². The monoisotopic (exact) mass is 402 g/mol. The van der Waals surface area contributed by atoms with Crippen molar-refractivity contribution in [3.8, 4) is 21.4 Å². The Morgan fingerprint density at radius 2 is 1.85 bits per heavy atom. The number of thiophene rings is 2. The number of aromatic nitrogens is 4. The summed E-state index contributed by atoms with van der Waals surface area (Å²) in [5.41, 5.74) is 1.37. The van der Waals surface area contributed by atoms with Gasteiger partial charge in [-0.25, -0.2) is 15.0 Å². The van der Waals surface area contributed by atoms with Gasteiger partial charge >= 0.3 is 0 Å². The van der Waals surface area contributed by atoms with Gasteiger partial charge in [-0.1, -0.05) is 23.7 Å². The van der Waals surface area contributed by atoms with Crippen LogP contribution in [0.5, 0.6) is 0 Å². The fourth-order valence-electron chi connectivity index (χ4n) is 3.24. The number of halogens is 1. The lowest BCUT2D eigenvalue weighted by molar-refractivity contribution is -0.0287. The fourth-order valence-corrected chi connectivity index (χ4v) is 4.81. The van der Waals surface area contributed by atoms with Crippen LogP contribution >= 0.6 is 34.3 Å². The molecule has 5 rings (SSSR count). The average Bonchev–Trinajstić information content (AvgIpc) is 3.41. The summed E-state index contributed by atoms with van der Waals surface area (Å²) in [5.74, 6) is 1.48. The minimum atomic E-state index is -0.0759.